The number of nitrogens with zero attached hydrogens (tertiary/aromatic N) is 5. The number of aliphatic hydroxyl groups is 4. The molecule has 10 amide bonds. The Balaban J connectivity index is 0.000000162. The third-order valence-corrected chi connectivity index (χ3v) is 24.1. The first kappa shape index (κ1) is 104. The number of carbonyl (C=O) groups excluding carboxylic acids is 10. The summed E-state index contributed by atoms with van der Waals surface area (Å²) in [6.45, 7) is 15.7. The maximum absolute atomic E-state index is 14.5. The molecule has 10 fully saturated rings. The molecule has 5 aromatic carbocycles. The van der Waals surface area contributed by atoms with Gasteiger partial charge in [0.1, 0.15) is 55.4 Å². The summed E-state index contributed by atoms with van der Waals surface area (Å²) < 4.78 is 125. The molecule has 9 heterocycles. The van der Waals surface area contributed by atoms with Gasteiger partial charge in [-0.25, -0.2) is 45.9 Å². The van der Waals surface area contributed by atoms with Gasteiger partial charge in [-0.3, -0.25) is 48.5 Å². The lowest BCUT2D eigenvalue weighted by molar-refractivity contribution is -0.120. The second-order valence-corrected chi connectivity index (χ2v) is 34.7. The quantitative estimate of drug-likeness (QED) is 0.0158. The Morgan fingerprint density at radius 1 is 0.407 bits per heavy atom. The Kier molecular flexibility index (Phi) is 38.5. The number of benzene rings is 5. The van der Waals surface area contributed by atoms with Crippen molar-refractivity contribution in [2.24, 2.45) is 17.8 Å². The monoisotopic (exact) mass is 1900 g/mol. The fourth-order valence-electron chi connectivity index (χ4n) is 16.3. The van der Waals surface area contributed by atoms with Crippen LogP contribution < -0.4 is 96.0 Å². The number of cyclic esters (lactones) is 5. The minimum atomic E-state index is -1.26. The molecule has 9 saturated heterocycles. The zero-order valence-electron chi connectivity index (χ0n) is 76.3. The van der Waals surface area contributed by atoms with Crippen molar-refractivity contribution in [3.63, 3.8) is 0 Å². The SMILES string of the molecule is CC(=O)NC[C@H]1CN(c2ccc(OCC3(O)CCNCC3)c(F)c2)C(=O)O1.CC(=O)NC[C@H]1CN(c2ccc(OCC3CNC[C@@H]3O)c(F)c2)C(=O)O1.CC(=O)NC[C@H]1CN(c2ccc(OCCC3CCCCC3)c(F)c2)C(=O)O1.CC(=O)NC[C@H]1CN(c2ccc(OCCC3CCNC3)c(F)c2)C(=O)O1.CC(=O)NC[C@H]1CN(c2ccc(OC[C@H](O)C3(O)CCNCC3)c(F)c2)C(=O)O1. The molecule has 13 N–H and O–H groups in total. The summed E-state index contributed by atoms with van der Waals surface area (Å²) in [6, 6.07) is 21.4. The average molecular weight is 1900 g/mol. The molecule has 135 heavy (non-hydrogen) atoms. The molecule has 0 radical (unpaired) electrons. The van der Waals surface area contributed by atoms with Gasteiger partial charge in [0.15, 0.2) is 57.8 Å². The molecule has 0 spiro atoms. The van der Waals surface area contributed by atoms with Gasteiger partial charge >= 0.3 is 30.5 Å². The van der Waals surface area contributed by atoms with Gasteiger partial charge in [0.2, 0.25) is 29.5 Å². The predicted molar refractivity (Wildman–Crippen MR) is 480 cm³/mol. The topological polar surface area (TPSA) is 468 Å². The molecule has 9 aliphatic heterocycles. The number of rotatable bonds is 33. The van der Waals surface area contributed by atoms with Gasteiger partial charge in [0, 0.05) is 84.0 Å². The molecule has 0 bridgehead atoms. The van der Waals surface area contributed by atoms with Crippen LogP contribution >= 0.6 is 0 Å². The largest absolute Gasteiger partial charge is 0.491 e. The number of piperidine rings is 2. The third-order valence-electron chi connectivity index (χ3n) is 24.1. The van der Waals surface area contributed by atoms with Gasteiger partial charge in [-0.05, 0) is 157 Å². The number of amides is 10. The first-order valence-electron chi connectivity index (χ1n) is 45.5. The second kappa shape index (κ2) is 50.1. The van der Waals surface area contributed by atoms with Crippen molar-refractivity contribution in [1.29, 1.82) is 0 Å². The number of nitrogens with one attached hydrogen (secondary N) is 9. The van der Waals surface area contributed by atoms with E-state index in [4.69, 9.17) is 47.4 Å². The molecule has 2 unspecified atom stereocenters. The number of β-amino-alcohol motifs (C(OH)–C–C–N with tert-alkyl or cyclic N) is 1. The summed E-state index contributed by atoms with van der Waals surface area (Å²) in [5, 5.41) is 66.4. The van der Waals surface area contributed by atoms with Crippen LogP contribution in [-0.2, 0) is 47.7 Å². The van der Waals surface area contributed by atoms with Crippen LogP contribution in [0.4, 0.5) is 74.4 Å². The zero-order valence-corrected chi connectivity index (χ0v) is 76.3. The highest BCUT2D eigenvalue weighted by Crippen LogP contribution is 2.36. The third kappa shape index (κ3) is 31.3. The lowest BCUT2D eigenvalue weighted by atomic mass is 9.87. The molecule has 1 saturated carbocycles. The van der Waals surface area contributed by atoms with Crippen molar-refractivity contribution in [3.8, 4) is 28.7 Å². The smallest absolute Gasteiger partial charge is 0.414 e. The number of aliphatic hydroxyl groups excluding tert-OH is 2. The zero-order chi connectivity index (χ0) is 96.9. The van der Waals surface area contributed by atoms with Crippen molar-refractivity contribution >= 4 is 88.4 Å². The molecule has 1 aliphatic carbocycles. The van der Waals surface area contributed by atoms with Crippen LogP contribution in [0.3, 0.4) is 0 Å². The highest BCUT2D eigenvalue weighted by atomic mass is 19.1. The summed E-state index contributed by atoms with van der Waals surface area (Å²) in [4.78, 5) is 121. The molecule has 0 aromatic heterocycles. The van der Waals surface area contributed by atoms with Crippen LogP contribution in [0.15, 0.2) is 91.0 Å². The van der Waals surface area contributed by atoms with E-state index < -0.39 is 113 Å². The Labute approximate surface area is 778 Å². The van der Waals surface area contributed by atoms with Crippen LogP contribution in [0.25, 0.3) is 0 Å². The van der Waals surface area contributed by atoms with E-state index in [0.717, 1.165) is 38.4 Å². The number of hydrogen-bond acceptors (Lipinski definition) is 28. The van der Waals surface area contributed by atoms with Crippen LogP contribution in [0.5, 0.6) is 28.7 Å². The standard InChI is InChI=1S/C20H27FN2O4.C19H26FN3O6.C18H24FN3O5.C18H24FN3O4.C17H22FN3O5/c1-14(24)22-12-17-13-23(20(25)27-17)16-7-8-19(18(21)11-16)26-10-9-15-5-3-2-4-6-15;1-12(24)22-9-14-10-23(18(26)29-14)13-2-3-16(15(20)8-13)28-11-17(25)19(27)4-6-21-7-5-19;1-12(23)21-9-14-10-22(17(24)27-14)13-2-3-16(15(19)8-13)26-11-18(25)4-6-20-7-5-18;1-12(23)21-10-15-11-22(18(24)26-15)14-2-3-17(16(19)8-14)25-7-5-13-4-6-20-9-13;1-10(22)20-6-13-8-21(17(24)26-13)12-2-3-16(14(18)4-12)25-9-11-5-19-7-15(11)23/h7-8,11,15,17H,2-6,9-10,12-13H2,1H3,(H,22,24);2-3,8,14,17,21,25,27H,4-7,9-11H2,1H3,(H,22,24);2-3,8,14,20,25H,4-7,9-11H2,1H3,(H,21,23);2-3,8,13,15,20H,4-7,9-11H2,1H3,(H,21,23);2-4,11,13,15,19,23H,5-9H2,1H3,(H,20,22)/t17-;14-,17-;14-;13?,15-;11?,13-,15-/m00000/s1. The summed E-state index contributed by atoms with van der Waals surface area (Å²) in [7, 11) is 0. The average Bonchev–Trinajstić information content (AvgIpc) is 1.72. The van der Waals surface area contributed by atoms with Crippen molar-refractivity contribution in [3.05, 3.63) is 120 Å². The maximum Gasteiger partial charge on any atom is 0.414 e. The van der Waals surface area contributed by atoms with Gasteiger partial charge in [0.25, 0.3) is 0 Å². The number of halogens is 5. The molecule has 10 aliphatic rings. The van der Waals surface area contributed by atoms with Crippen LogP contribution in [0.2, 0.25) is 0 Å². The van der Waals surface area contributed by atoms with Gasteiger partial charge in [-0.15, -0.1) is 0 Å². The molecule has 740 valence electrons. The lowest BCUT2D eigenvalue weighted by Gasteiger charge is -2.36. The first-order chi connectivity index (χ1) is 64.6. The van der Waals surface area contributed by atoms with Gasteiger partial charge in [-0.1, -0.05) is 32.1 Å². The molecule has 5 aromatic rings. The Morgan fingerprint density at radius 2 is 0.733 bits per heavy atom. The van der Waals surface area contributed by atoms with E-state index in [-0.39, 0.29) is 149 Å². The van der Waals surface area contributed by atoms with E-state index in [1.54, 1.807) is 30.3 Å². The summed E-state index contributed by atoms with van der Waals surface area (Å²) in [5.41, 5.74) is -0.408. The van der Waals surface area contributed by atoms with E-state index in [0.29, 0.717) is 118 Å². The van der Waals surface area contributed by atoms with Gasteiger partial charge < -0.3 is 116 Å². The van der Waals surface area contributed by atoms with E-state index >= 15 is 0 Å². The highest BCUT2D eigenvalue weighted by Gasteiger charge is 2.41. The first-order valence-corrected chi connectivity index (χ1v) is 45.5. The second-order valence-electron chi connectivity index (χ2n) is 34.7. The molecule has 43 heteroatoms. The molecule has 15 rings (SSSR count). The van der Waals surface area contributed by atoms with Gasteiger partial charge in [-0.2, -0.15) is 0 Å². The minimum Gasteiger partial charge on any atom is -0.491 e. The molecular formula is C92H123F5N14O24. The fourth-order valence-corrected chi connectivity index (χ4v) is 16.3. The van der Waals surface area contributed by atoms with Crippen molar-refractivity contribution in [1.82, 2.24) is 47.9 Å². The Hall–Kier alpha value is -11.9. The molecular weight excluding hydrogens is 1780 g/mol. The normalized spacial score (nSPS) is 22.4. The van der Waals surface area contributed by atoms with E-state index in [9.17, 15) is 90.3 Å². The minimum absolute atomic E-state index is 0.00942. The lowest BCUT2D eigenvalue weighted by Crippen LogP contribution is -2.52. The van der Waals surface area contributed by atoms with Gasteiger partial charge in [0.05, 0.1) is 125 Å². The molecule has 38 nitrogen and oxygen atoms in total. The van der Waals surface area contributed by atoms with Crippen LogP contribution in [0.1, 0.15) is 112 Å². The van der Waals surface area contributed by atoms with Crippen LogP contribution in [-0.4, -0.2) is 285 Å². The summed E-state index contributed by atoms with van der Waals surface area (Å²) >= 11 is 0. The number of ether oxygens (including phenoxy) is 10. The van der Waals surface area contributed by atoms with E-state index in [2.05, 4.69) is 47.9 Å². The number of carbonyl (C=O) groups is 10. The Bertz CT molecular complexity index is 4860. The fraction of sp³-hybridized carbons (Fsp3) is 0.565. The number of anilines is 5. The predicted octanol–water partition coefficient (Wildman–Crippen LogP) is 6.47. The van der Waals surface area contributed by atoms with Crippen LogP contribution in [0, 0.1) is 46.8 Å². The maximum atomic E-state index is 14.5. The highest BCUT2D eigenvalue weighted by molar-refractivity contribution is 5.93. The van der Waals surface area contributed by atoms with Crippen molar-refractivity contribution in [2.45, 2.75) is 166 Å². The van der Waals surface area contributed by atoms with E-state index in [1.165, 1.54) is 146 Å². The Morgan fingerprint density at radius 3 is 1.05 bits per heavy atom. The summed E-state index contributed by atoms with van der Waals surface area (Å²) in [5.74, 6) is -2.41. The van der Waals surface area contributed by atoms with Crippen molar-refractivity contribution < 1.29 is 138 Å². The summed E-state index contributed by atoms with van der Waals surface area (Å²) in [6.07, 6.45) is 4.21. The number of hydrogen-bond donors (Lipinski definition) is 13. The molecule has 9 atom stereocenters. The van der Waals surface area contributed by atoms with E-state index in [1.807, 2.05) is 0 Å². The van der Waals surface area contributed by atoms with Crippen molar-refractivity contribution in [2.75, 3.05) is 175 Å².